The van der Waals surface area contributed by atoms with E-state index >= 15 is 0 Å². The maximum atomic E-state index is 13.3. The average Bonchev–Trinajstić information content (AvgIpc) is 3.13. The van der Waals surface area contributed by atoms with Gasteiger partial charge in [-0.15, -0.1) is 0 Å². The molecule has 1 heterocycles. The van der Waals surface area contributed by atoms with Crippen LogP contribution in [-0.2, 0) is 11.8 Å². The van der Waals surface area contributed by atoms with Crippen LogP contribution >= 0.6 is 0 Å². The molecule has 2 amide bonds. The lowest BCUT2D eigenvalue weighted by Gasteiger charge is -2.20. The second kappa shape index (κ2) is 9.39. The second-order valence-electron chi connectivity index (χ2n) is 9.04. The van der Waals surface area contributed by atoms with Gasteiger partial charge in [-0.05, 0) is 56.7 Å². The van der Waals surface area contributed by atoms with E-state index in [-0.39, 0.29) is 5.91 Å². The Morgan fingerprint density at radius 3 is 2.35 bits per heavy atom. The van der Waals surface area contributed by atoms with Gasteiger partial charge < -0.3 is 14.6 Å². The molecule has 4 aromatic rings. The highest BCUT2D eigenvalue weighted by Gasteiger charge is 2.23. The Labute approximate surface area is 198 Å². The molecular formula is C27H28N4O3. The van der Waals surface area contributed by atoms with Crippen molar-refractivity contribution in [3.05, 3.63) is 95.8 Å². The summed E-state index contributed by atoms with van der Waals surface area (Å²) in [6.45, 7) is 5.38. The number of amides is 2. The normalized spacial score (nSPS) is 12.2. The first-order chi connectivity index (χ1) is 16.2. The van der Waals surface area contributed by atoms with Crippen LogP contribution < -0.4 is 10.6 Å². The highest BCUT2D eigenvalue weighted by Crippen LogP contribution is 2.25. The molecule has 0 aliphatic heterocycles. The third-order valence-corrected chi connectivity index (χ3v) is 5.26. The van der Waals surface area contributed by atoms with Gasteiger partial charge in [-0.25, -0.2) is 9.78 Å². The van der Waals surface area contributed by atoms with Crippen LogP contribution in [-0.4, -0.2) is 27.2 Å². The van der Waals surface area contributed by atoms with Gasteiger partial charge in [0.05, 0.1) is 11.0 Å². The van der Waals surface area contributed by atoms with Gasteiger partial charge in [-0.1, -0.05) is 48.5 Å². The summed E-state index contributed by atoms with van der Waals surface area (Å²) < 4.78 is 7.30. The molecule has 7 nitrogen and oxygen atoms in total. The summed E-state index contributed by atoms with van der Waals surface area (Å²) in [7, 11) is 1.94. The van der Waals surface area contributed by atoms with E-state index in [4.69, 9.17) is 9.72 Å². The molecule has 0 saturated heterocycles. The standard InChI is InChI=1S/C27H28N4O3/c1-27(2,3)34-26(33)28-20-14-10-13-19(17-20)25(32)30-23(18-11-6-5-7-12-18)24-29-21-15-8-9-16-22(21)31(24)4/h5-17,23H,1-4H3,(H,28,33)(H,30,32). The van der Waals surface area contributed by atoms with Crippen molar-refractivity contribution >= 4 is 28.7 Å². The summed E-state index contributed by atoms with van der Waals surface area (Å²) in [5.41, 5.74) is 3.02. The quantitative estimate of drug-likeness (QED) is 0.419. The number of carbonyl (C=O) groups is 2. The first-order valence-corrected chi connectivity index (χ1v) is 11.1. The summed E-state index contributed by atoms with van der Waals surface area (Å²) in [4.78, 5) is 30.2. The van der Waals surface area contributed by atoms with E-state index in [2.05, 4.69) is 10.6 Å². The van der Waals surface area contributed by atoms with Gasteiger partial charge in [0.2, 0.25) is 0 Å². The molecule has 0 saturated carbocycles. The minimum atomic E-state index is -0.617. The molecule has 4 rings (SSSR count). The topological polar surface area (TPSA) is 85.2 Å². The van der Waals surface area contributed by atoms with Crippen LogP contribution in [0.3, 0.4) is 0 Å². The maximum Gasteiger partial charge on any atom is 0.412 e. The van der Waals surface area contributed by atoms with Crippen molar-refractivity contribution in [3.8, 4) is 0 Å². The first kappa shape index (κ1) is 23.0. The van der Waals surface area contributed by atoms with Gasteiger partial charge >= 0.3 is 6.09 Å². The molecule has 1 aromatic heterocycles. The molecular weight excluding hydrogens is 428 g/mol. The zero-order chi connectivity index (χ0) is 24.3. The largest absolute Gasteiger partial charge is 0.444 e. The minimum Gasteiger partial charge on any atom is -0.444 e. The van der Waals surface area contributed by atoms with Crippen LogP contribution in [0.2, 0.25) is 0 Å². The van der Waals surface area contributed by atoms with Crippen LogP contribution in [0.4, 0.5) is 10.5 Å². The Bertz CT molecular complexity index is 1320. The lowest BCUT2D eigenvalue weighted by atomic mass is 10.1. The Kier molecular flexibility index (Phi) is 6.36. The van der Waals surface area contributed by atoms with Crippen LogP contribution in [0.25, 0.3) is 11.0 Å². The number of aryl methyl sites for hydroxylation is 1. The van der Waals surface area contributed by atoms with Crippen LogP contribution in [0.1, 0.15) is 48.6 Å². The highest BCUT2D eigenvalue weighted by molar-refractivity contribution is 5.96. The number of benzene rings is 3. The van der Waals surface area contributed by atoms with E-state index in [9.17, 15) is 9.59 Å². The summed E-state index contributed by atoms with van der Waals surface area (Å²) in [5.74, 6) is 0.442. The van der Waals surface area contributed by atoms with Crippen molar-refractivity contribution in [1.29, 1.82) is 0 Å². The molecule has 0 spiro atoms. The number of ether oxygens (including phenoxy) is 1. The van der Waals surface area contributed by atoms with Gasteiger partial charge in [0.25, 0.3) is 5.91 Å². The van der Waals surface area contributed by atoms with Crippen molar-refractivity contribution in [2.75, 3.05) is 5.32 Å². The van der Waals surface area contributed by atoms with Crippen LogP contribution in [0.15, 0.2) is 78.9 Å². The average molecular weight is 457 g/mol. The van der Waals surface area contributed by atoms with Crippen molar-refractivity contribution in [2.45, 2.75) is 32.4 Å². The van der Waals surface area contributed by atoms with Gasteiger partial charge in [0.15, 0.2) is 0 Å². The number of hydrogen-bond donors (Lipinski definition) is 2. The number of fused-ring (bicyclic) bond motifs is 1. The number of nitrogens with zero attached hydrogens (tertiary/aromatic N) is 2. The lowest BCUT2D eigenvalue weighted by Crippen LogP contribution is -2.31. The number of anilines is 1. The Balaban J connectivity index is 1.62. The van der Waals surface area contributed by atoms with Gasteiger partial charge in [-0.3, -0.25) is 10.1 Å². The molecule has 0 fully saturated rings. The van der Waals surface area contributed by atoms with Crippen molar-refractivity contribution in [1.82, 2.24) is 14.9 Å². The molecule has 0 radical (unpaired) electrons. The van der Waals surface area contributed by atoms with E-state index in [1.54, 1.807) is 45.0 Å². The fourth-order valence-corrected chi connectivity index (χ4v) is 3.74. The molecule has 0 aliphatic rings. The predicted octanol–water partition coefficient (Wildman–Crippen LogP) is 5.44. The van der Waals surface area contributed by atoms with E-state index in [0.717, 1.165) is 22.4 Å². The SMILES string of the molecule is Cn1c(C(NC(=O)c2cccc(NC(=O)OC(C)(C)C)c2)c2ccccc2)nc2ccccc21. The van der Waals surface area contributed by atoms with E-state index in [1.165, 1.54) is 0 Å². The Morgan fingerprint density at radius 2 is 1.65 bits per heavy atom. The monoisotopic (exact) mass is 456 g/mol. The zero-order valence-electron chi connectivity index (χ0n) is 19.7. The fraction of sp³-hybridized carbons (Fsp3) is 0.222. The number of nitrogens with one attached hydrogen (secondary N) is 2. The van der Waals surface area contributed by atoms with Crippen LogP contribution in [0.5, 0.6) is 0 Å². The minimum absolute atomic E-state index is 0.284. The molecule has 174 valence electrons. The number of para-hydroxylation sites is 2. The molecule has 0 aliphatic carbocycles. The second-order valence-corrected chi connectivity index (χ2v) is 9.04. The van der Waals surface area contributed by atoms with Gasteiger partial charge in [0.1, 0.15) is 17.5 Å². The van der Waals surface area contributed by atoms with Crippen molar-refractivity contribution < 1.29 is 14.3 Å². The lowest BCUT2D eigenvalue weighted by molar-refractivity contribution is 0.0635. The zero-order valence-corrected chi connectivity index (χ0v) is 19.7. The van der Waals surface area contributed by atoms with Gasteiger partial charge in [0, 0.05) is 18.3 Å². The number of rotatable bonds is 5. The Hall–Kier alpha value is -4.13. The van der Waals surface area contributed by atoms with Gasteiger partial charge in [-0.2, -0.15) is 0 Å². The van der Waals surface area contributed by atoms with E-state index in [0.29, 0.717) is 11.3 Å². The highest BCUT2D eigenvalue weighted by atomic mass is 16.6. The summed E-state index contributed by atoms with van der Waals surface area (Å²) in [6.07, 6.45) is -0.577. The number of aromatic nitrogens is 2. The maximum absolute atomic E-state index is 13.3. The summed E-state index contributed by atoms with van der Waals surface area (Å²) >= 11 is 0. The number of hydrogen-bond acceptors (Lipinski definition) is 4. The number of imidazole rings is 1. The van der Waals surface area contributed by atoms with E-state index in [1.807, 2.05) is 66.2 Å². The van der Waals surface area contributed by atoms with Crippen molar-refractivity contribution in [2.24, 2.45) is 7.05 Å². The molecule has 3 aromatic carbocycles. The molecule has 2 N–H and O–H groups in total. The molecule has 34 heavy (non-hydrogen) atoms. The molecule has 1 unspecified atom stereocenters. The smallest absolute Gasteiger partial charge is 0.412 e. The summed E-state index contributed by atoms with van der Waals surface area (Å²) in [6, 6.07) is 23.9. The Morgan fingerprint density at radius 1 is 0.941 bits per heavy atom. The molecule has 1 atom stereocenters. The first-order valence-electron chi connectivity index (χ1n) is 11.1. The summed E-state index contributed by atoms with van der Waals surface area (Å²) in [5, 5.41) is 5.80. The third-order valence-electron chi connectivity index (χ3n) is 5.26. The third kappa shape index (κ3) is 5.26. The van der Waals surface area contributed by atoms with E-state index < -0.39 is 17.7 Å². The predicted molar refractivity (Wildman–Crippen MR) is 133 cm³/mol. The molecule has 0 bridgehead atoms. The fourth-order valence-electron chi connectivity index (χ4n) is 3.74. The number of carbonyl (C=O) groups excluding carboxylic acids is 2. The van der Waals surface area contributed by atoms with Crippen molar-refractivity contribution in [3.63, 3.8) is 0 Å². The van der Waals surface area contributed by atoms with Crippen LogP contribution in [0, 0.1) is 0 Å². The molecule has 7 heteroatoms.